The van der Waals surface area contributed by atoms with Gasteiger partial charge in [0.1, 0.15) is 11.6 Å². The average molecular weight is 199 g/mol. The maximum absolute atomic E-state index is 4.24. The minimum Gasteiger partial charge on any atom is -0.310 e. The Morgan fingerprint density at radius 2 is 2.00 bits per heavy atom. The highest BCUT2D eigenvalue weighted by Crippen LogP contribution is 2.21. The van der Waals surface area contributed by atoms with Gasteiger partial charge < -0.3 is 4.57 Å². The highest BCUT2D eigenvalue weighted by atomic mass is 15.3. The molecule has 0 saturated heterocycles. The molecule has 1 aliphatic heterocycles. The maximum atomic E-state index is 4.24. The van der Waals surface area contributed by atoms with Crippen LogP contribution in [0.25, 0.3) is 0 Å². The van der Waals surface area contributed by atoms with Gasteiger partial charge in [0.25, 0.3) is 0 Å². The maximum Gasteiger partial charge on any atom is 0.137 e. The van der Waals surface area contributed by atoms with Crippen LogP contribution in [-0.4, -0.2) is 14.8 Å². The summed E-state index contributed by atoms with van der Waals surface area (Å²) in [6, 6.07) is 8.56. The van der Waals surface area contributed by atoms with Gasteiger partial charge in [-0.2, -0.15) is 0 Å². The van der Waals surface area contributed by atoms with E-state index in [2.05, 4.69) is 46.0 Å². The molecule has 0 radical (unpaired) electrons. The van der Waals surface area contributed by atoms with Gasteiger partial charge in [0.15, 0.2) is 0 Å². The van der Waals surface area contributed by atoms with E-state index in [1.165, 1.54) is 11.1 Å². The fourth-order valence-corrected chi connectivity index (χ4v) is 2.17. The molecule has 3 nitrogen and oxygen atoms in total. The van der Waals surface area contributed by atoms with Gasteiger partial charge in [-0.3, -0.25) is 0 Å². The highest BCUT2D eigenvalue weighted by Gasteiger charge is 2.18. The summed E-state index contributed by atoms with van der Waals surface area (Å²) in [4.78, 5) is 0. The van der Waals surface area contributed by atoms with Crippen LogP contribution in [0.2, 0.25) is 0 Å². The Kier molecular flexibility index (Phi) is 1.84. The van der Waals surface area contributed by atoms with E-state index < -0.39 is 0 Å². The van der Waals surface area contributed by atoms with Crippen molar-refractivity contribution >= 4 is 0 Å². The first-order valence-corrected chi connectivity index (χ1v) is 5.36. The molecule has 2 aromatic rings. The quantitative estimate of drug-likeness (QED) is 0.598. The van der Waals surface area contributed by atoms with Gasteiger partial charge in [-0.1, -0.05) is 31.2 Å². The van der Waals surface area contributed by atoms with Crippen LogP contribution in [0.15, 0.2) is 24.3 Å². The van der Waals surface area contributed by atoms with Crippen LogP contribution >= 0.6 is 0 Å². The lowest BCUT2D eigenvalue weighted by molar-refractivity contribution is 0.667. The molecular formula is C12H13N3. The van der Waals surface area contributed by atoms with Gasteiger partial charge in [0.05, 0.1) is 6.54 Å². The predicted molar refractivity (Wildman–Crippen MR) is 57.8 cm³/mol. The molecule has 0 N–H and O–H groups in total. The first-order chi connectivity index (χ1) is 7.38. The Morgan fingerprint density at radius 3 is 2.80 bits per heavy atom. The standard InChI is InChI=1S/C12H13N3/c1-2-11-13-14-12-7-9-5-3-4-6-10(9)8-15(11)12/h3-6H,2,7-8H2,1H3. The summed E-state index contributed by atoms with van der Waals surface area (Å²) in [6.45, 7) is 3.06. The molecule has 2 heterocycles. The van der Waals surface area contributed by atoms with Crippen LogP contribution in [0.4, 0.5) is 0 Å². The monoisotopic (exact) mass is 199 g/mol. The fraction of sp³-hybridized carbons (Fsp3) is 0.333. The Balaban J connectivity index is 2.09. The van der Waals surface area contributed by atoms with Gasteiger partial charge in [0.2, 0.25) is 0 Å². The molecule has 0 atom stereocenters. The SMILES string of the molecule is CCc1nnc2n1Cc1ccccc1C2. The molecule has 0 bridgehead atoms. The predicted octanol–water partition coefficient (Wildman–Crippen LogP) is 1.79. The summed E-state index contributed by atoms with van der Waals surface area (Å²) in [5, 5.41) is 8.45. The first-order valence-electron chi connectivity index (χ1n) is 5.36. The number of rotatable bonds is 1. The van der Waals surface area contributed by atoms with Crippen LogP contribution in [0.5, 0.6) is 0 Å². The Bertz CT molecular complexity index is 499. The van der Waals surface area contributed by atoms with Gasteiger partial charge in [-0.25, -0.2) is 0 Å². The highest BCUT2D eigenvalue weighted by molar-refractivity contribution is 5.33. The normalized spacial score (nSPS) is 13.4. The van der Waals surface area contributed by atoms with Crippen molar-refractivity contribution in [2.45, 2.75) is 26.3 Å². The van der Waals surface area contributed by atoms with E-state index >= 15 is 0 Å². The summed E-state index contributed by atoms with van der Waals surface area (Å²) < 4.78 is 2.24. The molecule has 3 heteroatoms. The summed E-state index contributed by atoms with van der Waals surface area (Å²) in [7, 11) is 0. The minimum atomic E-state index is 0.920. The number of benzene rings is 1. The average Bonchev–Trinajstić information content (AvgIpc) is 2.68. The third kappa shape index (κ3) is 1.27. The second-order valence-corrected chi connectivity index (χ2v) is 3.92. The van der Waals surface area contributed by atoms with Crippen molar-refractivity contribution in [3.05, 3.63) is 47.0 Å². The van der Waals surface area contributed by atoms with Crippen molar-refractivity contribution in [1.82, 2.24) is 14.8 Å². The third-order valence-corrected chi connectivity index (χ3v) is 3.02. The smallest absolute Gasteiger partial charge is 0.137 e. The summed E-state index contributed by atoms with van der Waals surface area (Å²) in [5.74, 6) is 2.20. The zero-order chi connectivity index (χ0) is 10.3. The number of fused-ring (bicyclic) bond motifs is 2. The number of aromatic nitrogens is 3. The number of hydrogen-bond donors (Lipinski definition) is 0. The van der Waals surface area contributed by atoms with Crippen molar-refractivity contribution in [1.29, 1.82) is 0 Å². The van der Waals surface area contributed by atoms with E-state index in [1.54, 1.807) is 0 Å². The third-order valence-electron chi connectivity index (χ3n) is 3.02. The molecule has 76 valence electrons. The Labute approximate surface area is 88.8 Å². The second kappa shape index (κ2) is 3.19. The van der Waals surface area contributed by atoms with Crippen molar-refractivity contribution in [3.63, 3.8) is 0 Å². The summed E-state index contributed by atoms with van der Waals surface area (Å²) in [6.07, 6.45) is 1.87. The fourth-order valence-electron chi connectivity index (χ4n) is 2.17. The topological polar surface area (TPSA) is 30.7 Å². The molecular weight excluding hydrogens is 186 g/mol. The zero-order valence-corrected chi connectivity index (χ0v) is 8.77. The van der Waals surface area contributed by atoms with Crippen molar-refractivity contribution < 1.29 is 0 Å². The van der Waals surface area contributed by atoms with E-state index in [1.807, 2.05) is 0 Å². The van der Waals surface area contributed by atoms with Gasteiger partial charge in [-0.15, -0.1) is 10.2 Å². The lowest BCUT2D eigenvalue weighted by Gasteiger charge is -2.18. The van der Waals surface area contributed by atoms with E-state index in [-0.39, 0.29) is 0 Å². The molecule has 3 rings (SSSR count). The van der Waals surface area contributed by atoms with Crippen LogP contribution < -0.4 is 0 Å². The molecule has 0 aliphatic carbocycles. The summed E-state index contributed by atoms with van der Waals surface area (Å²) >= 11 is 0. The molecule has 0 fully saturated rings. The van der Waals surface area contributed by atoms with E-state index in [0.29, 0.717) is 0 Å². The van der Waals surface area contributed by atoms with Gasteiger partial charge in [0, 0.05) is 12.8 Å². The van der Waals surface area contributed by atoms with E-state index in [4.69, 9.17) is 0 Å². The van der Waals surface area contributed by atoms with Crippen LogP contribution in [0.3, 0.4) is 0 Å². The second-order valence-electron chi connectivity index (χ2n) is 3.92. The van der Waals surface area contributed by atoms with Gasteiger partial charge >= 0.3 is 0 Å². The number of hydrogen-bond acceptors (Lipinski definition) is 2. The lowest BCUT2D eigenvalue weighted by Crippen LogP contribution is -2.15. The summed E-state index contributed by atoms with van der Waals surface area (Å²) in [5.41, 5.74) is 2.79. The number of nitrogens with zero attached hydrogens (tertiary/aromatic N) is 3. The molecule has 0 amide bonds. The minimum absolute atomic E-state index is 0.920. The van der Waals surface area contributed by atoms with E-state index in [9.17, 15) is 0 Å². The van der Waals surface area contributed by atoms with Crippen molar-refractivity contribution in [2.75, 3.05) is 0 Å². The molecule has 1 aliphatic rings. The molecule has 15 heavy (non-hydrogen) atoms. The molecule has 1 aromatic carbocycles. The van der Waals surface area contributed by atoms with Gasteiger partial charge in [-0.05, 0) is 11.1 Å². The Hall–Kier alpha value is -1.64. The first kappa shape index (κ1) is 8.65. The lowest BCUT2D eigenvalue weighted by atomic mass is 10.0. The molecule has 0 spiro atoms. The van der Waals surface area contributed by atoms with Crippen LogP contribution in [0, 0.1) is 0 Å². The molecule has 0 saturated carbocycles. The van der Waals surface area contributed by atoms with Crippen molar-refractivity contribution in [3.8, 4) is 0 Å². The van der Waals surface area contributed by atoms with Crippen LogP contribution in [-0.2, 0) is 19.4 Å². The van der Waals surface area contributed by atoms with Crippen molar-refractivity contribution in [2.24, 2.45) is 0 Å². The number of aryl methyl sites for hydroxylation is 1. The largest absolute Gasteiger partial charge is 0.310 e. The molecule has 1 aromatic heterocycles. The zero-order valence-electron chi connectivity index (χ0n) is 8.77. The van der Waals surface area contributed by atoms with Crippen LogP contribution in [0.1, 0.15) is 29.7 Å². The molecule has 0 unspecified atom stereocenters. The van der Waals surface area contributed by atoms with E-state index in [0.717, 1.165) is 31.0 Å². The Morgan fingerprint density at radius 1 is 1.20 bits per heavy atom.